The molecular weight excluding hydrogens is 304 g/mol. The monoisotopic (exact) mass is 334 g/mol. The Morgan fingerprint density at radius 3 is 2.62 bits per heavy atom. The van der Waals surface area contributed by atoms with Gasteiger partial charge in [-0.3, -0.25) is 0 Å². The Bertz CT molecular complexity index is 554. The minimum Gasteiger partial charge on any atom is -0.496 e. The first-order chi connectivity index (χ1) is 11.3. The first kappa shape index (κ1) is 18.6. The number of carbonyl (C=O) groups is 1. The highest BCUT2D eigenvalue weighted by atomic mass is 16.5. The molecule has 0 unspecified atom stereocenters. The Labute approximate surface area is 144 Å². The number of aliphatic hydroxyl groups is 1. The maximum absolute atomic E-state index is 12.4. The van der Waals surface area contributed by atoms with E-state index in [-0.39, 0.29) is 23.6 Å². The van der Waals surface area contributed by atoms with Gasteiger partial charge in [-0.2, -0.15) is 0 Å². The lowest BCUT2D eigenvalue weighted by molar-refractivity contribution is 0.177. The van der Waals surface area contributed by atoms with E-state index in [1.54, 1.807) is 7.11 Å². The molecule has 0 aliphatic heterocycles. The van der Waals surface area contributed by atoms with Crippen molar-refractivity contribution >= 4 is 6.03 Å². The topological polar surface area (TPSA) is 70.6 Å². The third-order valence-electron chi connectivity index (χ3n) is 4.66. The van der Waals surface area contributed by atoms with Crippen LogP contribution in [0.15, 0.2) is 24.3 Å². The molecule has 1 saturated carbocycles. The number of ether oxygens (including phenoxy) is 1. The van der Waals surface area contributed by atoms with Crippen LogP contribution in [0.1, 0.15) is 51.6 Å². The van der Waals surface area contributed by atoms with Crippen LogP contribution in [0.5, 0.6) is 5.75 Å². The molecule has 3 atom stereocenters. The van der Waals surface area contributed by atoms with Gasteiger partial charge in [0.05, 0.1) is 19.3 Å². The molecule has 5 nitrogen and oxygen atoms in total. The number of methoxy groups -OCH3 is 1. The van der Waals surface area contributed by atoms with Gasteiger partial charge in [-0.25, -0.2) is 4.79 Å². The molecule has 134 valence electrons. The first-order valence-electron chi connectivity index (χ1n) is 8.66. The minimum atomic E-state index is -0.212. The molecule has 5 heteroatoms. The van der Waals surface area contributed by atoms with Crippen molar-refractivity contribution in [1.82, 2.24) is 10.6 Å². The van der Waals surface area contributed by atoms with Crippen molar-refractivity contribution in [3.63, 3.8) is 0 Å². The van der Waals surface area contributed by atoms with Crippen molar-refractivity contribution in [2.75, 3.05) is 13.7 Å². The van der Waals surface area contributed by atoms with Gasteiger partial charge in [-0.1, -0.05) is 39.0 Å². The van der Waals surface area contributed by atoms with Crippen LogP contribution in [0.3, 0.4) is 0 Å². The van der Waals surface area contributed by atoms with Gasteiger partial charge in [0.25, 0.3) is 0 Å². The molecule has 1 aromatic rings. The van der Waals surface area contributed by atoms with Gasteiger partial charge < -0.3 is 20.5 Å². The molecule has 0 spiro atoms. The van der Waals surface area contributed by atoms with Crippen molar-refractivity contribution in [2.45, 2.75) is 52.2 Å². The molecule has 0 radical (unpaired) electrons. The van der Waals surface area contributed by atoms with Crippen molar-refractivity contribution < 1.29 is 14.6 Å². The second-order valence-electron chi connectivity index (χ2n) is 7.73. The van der Waals surface area contributed by atoms with Crippen LogP contribution in [0, 0.1) is 11.3 Å². The number of urea groups is 1. The Kier molecular flexibility index (Phi) is 6.10. The Morgan fingerprint density at radius 2 is 2.04 bits per heavy atom. The molecule has 1 aromatic carbocycles. The highest BCUT2D eigenvalue weighted by Crippen LogP contribution is 2.37. The van der Waals surface area contributed by atoms with Crippen molar-refractivity contribution in [3.05, 3.63) is 29.8 Å². The molecule has 0 aromatic heterocycles. The predicted molar refractivity (Wildman–Crippen MR) is 95.1 cm³/mol. The molecule has 1 fully saturated rings. The molecule has 2 amide bonds. The number of rotatable bonds is 5. The van der Waals surface area contributed by atoms with Crippen LogP contribution >= 0.6 is 0 Å². The molecule has 1 aliphatic carbocycles. The Morgan fingerprint density at radius 1 is 1.33 bits per heavy atom. The summed E-state index contributed by atoms with van der Waals surface area (Å²) in [7, 11) is 1.64. The lowest BCUT2D eigenvalue weighted by Gasteiger charge is -2.33. The molecule has 0 heterocycles. The maximum atomic E-state index is 12.4. The first-order valence-corrected chi connectivity index (χ1v) is 8.66. The SMILES string of the molecule is COc1ccccc1[C@H](NC(=O)NC[C@@H]1CC[C@H](O)C1)C(C)(C)C. The summed E-state index contributed by atoms with van der Waals surface area (Å²) in [6.07, 6.45) is 2.36. The second kappa shape index (κ2) is 7.88. The van der Waals surface area contributed by atoms with Gasteiger partial charge >= 0.3 is 6.03 Å². The lowest BCUT2D eigenvalue weighted by Crippen LogP contribution is -2.43. The summed E-state index contributed by atoms with van der Waals surface area (Å²) in [6, 6.07) is 7.43. The number of aliphatic hydroxyl groups excluding tert-OH is 1. The summed E-state index contributed by atoms with van der Waals surface area (Å²) in [5.74, 6) is 1.14. The number of hydrogen-bond donors (Lipinski definition) is 3. The van der Waals surface area contributed by atoms with E-state index in [1.165, 1.54) is 0 Å². The Balaban J connectivity index is 2.02. The number of hydrogen-bond acceptors (Lipinski definition) is 3. The third-order valence-corrected chi connectivity index (χ3v) is 4.66. The maximum Gasteiger partial charge on any atom is 0.315 e. The summed E-state index contributed by atoms with van der Waals surface area (Å²) in [6.45, 7) is 6.89. The largest absolute Gasteiger partial charge is 0.496 e. The van der Waals surface area contributed by atoms with Crippen LogP contribution in [0.2, 0.25) is 0 Å². The van der Waals surface area contributed by atoms with Crippen LogP contribution in [0.25, 0.3) is 0 Å². The summed E-state index contributed by atoms with van der Waals surface area (Å²) in [5, 5.41) is 15.6. The summed E-state index contributed by atoms with van der Waals surface area (Å²) >= 11 is 0. The fraction of sp³-hybridized carbons (Fsp3) is 0.632. The third kappa shape index (κ3) is 4.87. The Hall–Kier alpha value is -1.75. The fourth-order valence-corrected chi connectivity index (χ4v) is 3.32. The van der Waals surface area contributed by atoms with Crippen molar-refractivity contribution in [1.29, 1.82) is 0 Å². The molecule has 1 aliphatic rings. The summed E-state index contributed by atoms with van der Waals surface area (Å²) in [4.78, 5) is 12.4. The summed E-state index contributed by atoms with van der Waals surface area (Å²) in [5.41, 5.74) is 0.814. The van der Waals surface area contributed by atoms with E-state index in [9.17, 15) is 9.90 Å². The minimum absolute atomic E-state index is 0.157. The standard InChI is InChI=1S/C19H30N2O3/c1-19(2,3)17(15-7-5-6-8-16(15)24-4)21-18(23)20-12-13-9-10-14(22)11-13/h5-8,13-14,17,22H,9-12H2,1-4H3,(H2,20,21,23)/t13-,14+,17+/m1/s1. The molecule has 3 N–H and O–H groups in total. The average molecular weight is 334 g/mol. The lowest BCUT2D eigenvalue weighted by atomic mass is 9.82. The predicted octanol–water partition coefficient (Wildman–Crippen LogP) is 3.24. The normalized spacial score (nSPS) is 22.0. The number of benzene rings is 1. The van der Waals surface area contributed by atoms with E-state index in [4.69, 9.17) is 4.74 Å². The van der Waals surface area contributed by atoms with Gasteiger partial charge in [-0.15, -0.1) is 0 Å². The zero-order valence-electron chi connectivity index (χ0n) is 15.1. The molecule has 0 saturated heterocycles. The van der Waals surface area contributed by atoms with Crippen LogP contribution < -0.4 is 15.4 Å². The van der Waals surface area contributed by atoms with Gasteiger partial charge in [0, 0.05) is 12.1 Å². The molecule has 24 heavy (non-hydrogen) atoms. The number of carbonyl (C=O) groups excluding carboxylic acids is 1. The number of para-hydroxylation sites is 1. The van der Waals surface area contributed by atoms with Gasteiger partial charge in [0.2, 0.25) is 0 Å². The van der Waals surface area contributed by atoms with E-state index in [2.05, 4.69) is 31.4 Å². The van der Waals surface area contributed by atoms with E-state index < -0.39 is 0 Å². The number of nitrogens with one attached hydrogen (secondary N) is 2. The van der Waals surface area contributed by atoms with Crippen molar-refractivity contribution in [3.8, 4) is 5.75 Å². The smallest absolute Gasteiger partial charge is 0.315 e. The fourth-order valence-electron chi connectivity index (χ4n) is 3.32. The second-order valence-corrected chi connectivity index (χ2v) is 7.73. The zero-order valence-corrected chi connectivity index (χ0v) is 15.1. The molecule has 2 rings (SSSR count). The van der Waals surface area contributed by atoms with E-state index in [0.29, 0.717) is 12.5 Å². The van der Waals surface area contributed by atoms with Gasteiger partial charge in [0.15, 0.2) is 0 Å². The zero-order chi connectivity index (χ0) is 17.7. The average Bonchev–Trinajstić information content (AvgIpc) is 2.95. The van der Waals surface area contributed by atoms with E-state index >= 15 is 0 Å². The highest BCUT2D eigenvalue weighted by Gasteiger charge is 2.30. The molecular formula is C19H30N2O3. The number of amides is 2. The molecule has 0 bridgehead atoms. The van der Waals surface area contributed by atoms with Crippen LogP contribution in [-0.4, -0.2) is 30.9 Å². The van der Waals surface area contributed by atoms with Gasteiger partial charge in [0.1, 0.15) is 5.75 Å². The van der Waals surface area contributed by atoms with E-state index in [1.807, 2.05) is 24.3 Å². The highest BCUT2D eigenvalue weighted by molar-refractivity contribution is 5.74. The van der Waals surface area contributed by atoms with Crippen molar-refractivity contribution in [2.24, 2.45) is 11.3 Å². The summed E-state index contributed by atoms with van der Waals surface area (Å²) < 4.78 is 5.46. The van der Waals surface area contributed by atoms with Crippen LogP contribution in [0.4, 0.5) is 4.79 Å². The quantitative estimate of drug-likeness (QED) is 0.774. The van der Waals surface area contributed by atoms with E-state index in [0.717, 1.165) is 30.6 Å². The van der Waals surface area contributed by atoms with Gasteiger partial charge in [-0.05, 0) is 36.7 Å². The van der Waals surface area contributed by atoms with Crippen LogP contribution in [-0.2, 0) is 0 Å².